The van der Waals surface area contributed by atoms with E-state index in [2.05, 4.69) is 12.1 Å². The molecule has 1 amide bonds. The minimum absolute atomic E-state index is 0.101. The number of ether oxygens (including phenoxy) is 2. The van der Waals surface area contributed by atoms with Crippen molar-refractivity contribution in [3.8, 4) is 11.5 Å². The number of likely N-dealkylation sites (tertiary alicyclic amines) is 1. The van der Waals surface area contributed by atoms with Gasteiger partial charge in [-0.15, -0.1) is 0 Å². The predicted molar refractivity (Wildman–Crippen MR) is 96.4 cm³/mol. The Bertz CT molecular complexity index is 795. The highest BCUT2D eigenvalue weighted by atomic mass is 16.6. The number of carbonyl (C=O) groups is 1. The zero-order valence-electron chi connectivity index (χ0n) is 14.7. The largest absolute Gasteiger partial charge is 0.486 e. The third-order valence-corrected chi connectivity index (χ3v) is 4.93. The van der Waals surface area contributed by atoms with E-state index < -0.39 is 0 Å². The van der Waals surface area contributed by atoms with Crippen LogP contribution in [0.1, 0.15) is 45.9 Å². The maximum Gasteiger partial charge on any atom is 0.254 e. The molecule has 2 heterocycles. The summed E-state index contributed by atoms with van der Waals surface area (Å²) < 4.78 is 11.3. The molecule has 2 aromatic carbocycles. The van der Waals surface area contributed by atoms with Gasteiger partial charge in [-0.05, 0) is 56.5 Å². The quantitative estimate of drug-likeness (QED) is 0.830. The van der Waals surface area contributed by atoms with Crippen LogP contribution in [0.25, 0.3) is 0 Å². The van der Waals surface area contributed by atoms with E-state index in [9.17, 15) is 4.79 Å². The van der Waals surface area contributed by atoms with Gasteiger partial charge in [-0.2, -0.15) is 0 Å². The van der Waals surface area contributed by atoms with Gasteiger partial charge in [0.05, 0.1) is 6.04 Å². The summed E-state index contributed by atoms with van der Waals surface area (Å²) in [5, 5.41) is 0. The first-order chi connectivity index (χ1) is 12.1. The molecule has 2 aromatic rings. The van der Waals surface area contributed by atoms with Gasteiger partial charge in [0.15, 0.2) is 11.5 Å². The van der Waals surface area contributed by atoms with E-state index in [1.807, 2.05) is 43.0 Å². The van der Waals surface area contributed by atoms with Crippen molar-refractivity contribution in [1.29, 1.82) is 0 Å². The highest BCUT2D eigenvalue weighted by Gasteiger charge is 2.31. The van der Waals surface area contributed by atoms with Gasteiger partial charge in [-0.3, -0.25) is 4.79 Å². The van der Waals surface area contributed by atoms with Crippen LogP contribution in [0, 0.1) is 13.8 Å². The first-order valence-electron chi connectivity index (χ1n) is 8.90. The fourth-order valence-corrected chi connectivity index (χ4v) is 3.89. The van der Waals surface area contributed by atoms with Gasteiger partial charge in [0.1, 0.15) is 13.2 Å². The lowest BCUT2D eigenvalue weighted by Gasteiger charge is -2.27. The summed E-state index contributed by atoms with van der Waals surface area (Å²) in [4.78, 5) is 15.1. The van der Waals surface area contributed by atoms with Crippen LogP contribution in [0.4, 0.5) is 0 Å². The van der Waals surface area contributed by atoms with E-state index in [4.69, 9.17) is 9.47 Å². The lowest BCUT2D eigenvalue weighted by atomic mass is 10.0. The molecule has 0 spiro atoms. The van der Waals surface area contributed by atoms with Crippen LogP contribution in [0.5, 0.6) is 11.5 Å². The van der Waals surface area contributed by atoms with Gasteiger partial charge in [0.25, 0.3) is 5.91 Å². The molecule has 130 valence electrons. The average Bonchev–Trinajstić information content (AvgIpc) is 3.09. The lowest BCUT2D eigenvalue weighted by Crippen LogP contribution is -2.30. The molecular weight excluding hydrogens is 314 g/mol. The summed E-state index contributed by atoms with van der Waals surface area (Å²) in [5.74, 6) is 1.69. The third-order valence-electron chi connectivity index (χ3n) is 4.93. The molecule has 25 heavy (non-hydrogen) atoms. The molecule has 2 aliphatic rings. The van der Waals surface area contributed by atoms with Gasteiger partial charge >= 0.3 is 0 Å². The van der Waals surface area contributed by atoms with Crippen LogP contribution in [0.2, 0.25) is 0 Å². The van der Waals surface area contributed by atoms with Gasteiger partial charge in [0.2, 0.25) is 0 Å². The second kappa shape index (κ2) is 6.43. The molecule has 0 saturated carbocycles. The number of hydrogen-bond donors (Lipinski definition) is 0. The number of benzene rings is 2. The SMILES string of the molecule is Cc1cc(C)cc(C(=O)N2CCC[C@@H]2c2ccc3c(c2)OCCO3)c1. The Hall–Kier alpha value is -2.49. The minimum Gasteiger partial charge on any atom is -0.486 e. The fraction of sp³-hybridized carbons (Fsp3) is 0.381. The van der Waals surface area contributed by atoms with Crippen LogP contribution in [0.3, 0.4) is 0 Å². The van der Waals surface area contributed by atoms with Crippen molar-refractivity contribution in [3.05, 3.63) is 58.7 Å². The van der Waals surface area contributed by atoms with Crippen molar-refractivity contribution >= 4 is 5.91 Å². The monoisotopic (exact) mass is 337 g/mol. The van der Waals surface area contributed by atoms with Crippen molar-refractivity contribution in [2.45, 2.75) is 32.7 Å². The Morgan fingerprint density at radius 3 is 2.48 bits per heavy atom. The Balaban J connectivity index is 1.63. The van der Waals surface area contributed by atoms with E-state index in [0.29, 0.717) is 13.2 Å². The van der Waals surface area contributed by atoms with E-state index in [-0.39, 0.29) is 11.9 Å². The number of fused-ring (bicyclic) bond motifs is 1. The molecule has 4 rings (SSSR count). The minimum atomic E-state index is 0.101. The lowest BCUT2D eigenvalue weighted by molar-refractivity contribution is 0.0735. The van der Waals surface area contributed by atoms with Crippen LogP contribution in [0.15, 0.2) is 36.4 Å². The summed E-state index contributed by atoms with van der Waals surface area (Å²) in [6.07, 6.45) is 2.01. The highest BCUT2D eigenvalue weighted by molar-refractivity contribution is 5.95. The first kappa shape index (κ1) is 16.0. The number of aryl methyl sites for hydroxylation is 2. The third kappa shape index (κ3) is 3.09. The molecule has 4 nitrogen and oxygen atoms in total. The second-order valence-corrected chi connectivity index (χ2v) is 6.94. The van der Waals surface area contributed by atoms with E-state index in [1.54, 1.807) is 0 Å². The van der Waals surface area contributed by atoms with Gasteiger partial charge in [-0.1, -0.05) is 23.3 Å². The maximum absolute atomic E-state index is 13.1. The number of nitrogens with zero attached hydrogens (tertiary/aromatic N) is 1. The normalized spacial score (nSPS) is 19.1. The van der Waals surface area contributed by atoms with Crippen molar-refractivity contribution in [2.24, 2.45) is 0 Å². The summed E-state index contributed by atoms with van der Waals surface area (Å²) in [5.41, 5.74) is 4.15. The van der Waals surface area contributed by atoms with Crippen molar-refractivity contribution in [2.75, 3.05) is 19.8 Å². The summed E-state index contributed by atoms with van der Waals surface area (Å²) in [6, 6.07) is 12.2. The highest BCUT2D eigenvalue weighted by Crippen LogP contribution is 2.38. The Morgan fingerprint density at radius 1 is 1.00 bits per heavy atom. The molecule has 0 bridgehead atoms. The van der Waals surface area contributed by atoms with E-state index in [0.717, 1.165) is 53.1 Å². The van der Waals surface area contributed by atoms with Crippen LogP contribution >= 0.6 is 0 Å². The zero-order valence-corrected chi connectivity index (χ0v) is 14.7. The van der Waals surface area contributed by atoms with Crippen molar-refractivity contribution in [3.63, 3.8) is 0 Å². The first-order valence-corrected chi connectivity index (χ1v) is 8.90. The Kier molecular flexibility index (Phi) is 4.12. The molecule has 1 atom stereocenters. The molecule has 2 aliphatic heterocycles. The number of hydrogen-bond acceptors (Lipinski definition) is 3. The topological polar surface area (TPSA) is 38.8 Å². The average molecular weight is 337 g/mol. The summed E-state index contributed by atoms with van der Waals surface area (Å²) in [7, 11) is 0. The zero-order chi connectivity index (χ0) is 17.4. The Morgan fingerprint density at radius 2 is 1.72 bits per heavy atom. The van der Waals surface area contributed by atoms with E-state index >= 15 is 0 Å². The van der Waals surface area contributed by atoms with E-state index in [1.165, 1.54) is 0 Å². The summed E-state index contributed by atoms with van der Waals surface area (Å²) in [6.45, 7) is 6.03. The van der Waals surface area contributed by atoms with Crippen LogP contribution in [-0.2, 0) is 0 Å². The molecule has 1 saturated heterocycles. The van der Waals surface area contributed by atoms with Gasteiger partial charge in [0, 0.05) is 12.1 Å². The molecule has 0 N–H and O–H groups in total. The predicted octanol–water partition coefficient (Wildman–Crippen LogP) is 4.05. The maximum atomic E-state index is 13.1. The fourth-order valence-electron chi connectivity index (χ4n) is 3.89. The molecule has 0 unspecified atom stereocenters. The molecular formula is C21H23NO3. The summed E-state index contributed by atoms with van der Waals surface area (Å²) >= 11 is 0. The smallest absolute Gasteiger partial charge is 0.254 e. The molecule has 1 fully saturated rings. The molecule has 0 aromatic heterocycles. The van der Waals surface area contributed by atoms with Gasteiger partial charge in [-0.25, -0.2) is 0 Å². The second-order valence-electron chi connectivity index (χ2n) is 6.94. The number of rotatable bonds is 2. The number of amides is 1. The standard InChI is InChI=1S/C21H23NO3/c1-14-10-15(2)12-17(11-14)21(23)22-7-3-4-18(22)16-5-6-19-20(13-16)25-9-8-24-19/h5-6,10-13,18H,3-4,7-9H2,1-2H3/t18-/m1/s1. The van der Waals surface area contributed by atoms with Crippen molar-refractivity contribution < 1.29 is 14.3 Å². The van der Waals surface area contributed by atoms with Crippen LogP contribution < -0.4 is 9.47 Å². The molecule has 0 aliphatic carbocycles. The molecule has 0 radical (unpaired) electrons. The van der Waals surface area contributed by atoms with Crippen molar-refractivity contribution in [1.82, 2.24) is 4.90 Å². The van der Waals surface area contributed by atoms with Gasteiger partial charge < -0.3 is 14.4 Å². The molecule has 4 heteroatoms. The number of carbonyl (C=O) groups excluding carboxylic acids is 1. The van der Waals surface area contributed by atoms with Crippen LogP contribution in [-0.4, -0.2) is 30.6 Å². The Labute approximate surface area is 148 Å².